The van der Waals surface area contributed by atoms with Crippen LogP contribution in [-0.2, 0) is 4.79 Å². The quantitative estimate of drug-likeness (QED) is 0.618. The van der Waals surface area contributed by atoms with Crippen molar-refractivity contribution in [3.63, 3.8) is 0 Å². The molecule has 2 aliphatic heterocycles. The molecule has 2 aliphatic rings. The lowest BCUT2D eigenvalue weighted by Gasteiger charge is -2.32. The average molecular weight is 449 g/mol. The number of benzene rings is 2. The molecule has 0 bridgehead atoms. The van der Waals surface area contributed by atoms with Gasteiger partial charge in [-0.15, -0.1) is 11.7 Å². The molecule has 8 heteroatoms. The number of nitrogens with one attached hydrogen (secondary N) is 1. The predicted molar refractivity (Wildman–Crippen MR) is 123 cm³/mol. The summed E-state index contributed by atoms with van der Waals surface area (Å²) in [6, 6.07) is 18.7. The first-order chi connectivity index (χ1) is 15.1. The lowest BCUT2D eigenvalue weighted by molar-refractivity contribution is -0.116. The second-order valence-electron chi connectivity index (χ2n) is 6.88. The third-order valence-corrected chi connectivity index (χ3v) is 5.97. The Hall–Kier alpha value is -3.29. The molecule has 3 aromatic rings. The molecule has 0 radical (unpaired) electrons. The van der Waals surface area contributed by atoms with Crippen LogP contribution in [0.15, 0.2) is 87.8 Å². The van der Waals surface area contributed by atoms with E-state index in [1.165, 1.54) is 11.8 Å². The minimum atomic E-state index is -0.601. The lowest BCUT2D eigenvalue weighted by atomic mass is 10.1. The number of hydrogen-bond donors (Lipinski definition) is 1. The van der Waals surface area contributed by atoms with Crippen molar-refractivity contribution in [3.8, 4) is 11.3 Å². The van der Waals surface area contributed by atoms with E-state index < -0.39 is 6.17 Å². The smallest absolute Gasteiger partial charge is 0.276 e. The molecule has 1 amide bonds. The van der Waals surface area contributed by atoms with Crippen LogP contribution in [0.1, 0.15) is 11.9 Å². The lowest BCUT2D eigenvalue weighted by Crippen LogP contribution is -2.50. The fourth-order valence-corrected chi connectivity index (χ4v) is 4.19. The van der Waals surface area contributed by atoms with E-state index in [4.69, 9.17) is 21.0 Å². The number of amides is 1. The fourth-order valence-electron chi connectivity index (χ4n) is 3.48. The maximum absolute atomic E-state index is 13.0. The van der Waals surface area contributed by atoms with Gasteiger partial charge >= 0.3 is 0 Å². The molecule has 1 N–H and O–H groups in total. The Morgan fingerprint density at radius 1 is 1.16 bits per heavy atom. The monoisotopic (exact) mass is 448 g/mol. The Kier molecular flexibility index (Phi) is 5.13. The molecule has 6 nitrogen and oxygen atoms in total. The maximum atomic E-state index is 13.0. The number of hydrogen-bond acceptors (Lipinski definition) is 6. The van der Waals surface area contributed by atoms with Gasteiger partial charge in [0.2, 0.25) is 6.17 Å². The molecule has 3 heterocycles. The molecular formula is C23H17ClN4O2S. The van der Waals surface area contributed by atoms with Gasteiger partial charge in [0.15, 0.2) is 10.9 Å². The van der Waals surface area contributed by atoms with E-state index in [-0.39, 0.29) is 5.91 Å². The van der Waals surface area contributed by atoms with Gasteiger partial charge in [-0.05, 0) is 42.5 Å². The first-order valence-corrected chi connectivity index (χ1v) is 11.0. The molecular weight excluding hydrogens is 432 g/mol. The van der Waals surface area contributed by atoms with E-state index in [9.17, 15) is 4.79 Å². The van der Waals surface area contributed by atoms with Crippen molar-refractivity contribution >= 4 is 40.1 Å². The highest BCUT2D eigenvalue weighted by Gasteiger charge is 2.35. The zero-order valence-electron chi connectivity index (χ0n) is 16.3. The summed E-state index contributed by atoms with van der Waals surface area (Å²) in [5.74, 6) is 1.68. The number of thioether (sulfide) groups is 1. The summed E-state index contributed by atoms with van der Waals surface area (Å²) < 4.78 is 6.15. The van der Waals surface area contributed by atoms with E-state index in [0.717, 1.165) is 16.1 Å². The van der Waals surface area contributed by atoms with Gasteiger partial charge in [-0.2, -0.15) is 0 Å². The maximum Gasteiger partial charge on any atom is 0.276 e. The van der Waals surface area contributed by atoms with Crippen LogP contribution in [0.3, 0.4) is 0 Å². The van der Waals surface area contributed by atoms with E-state index in [1.54, 1.807) is 11.1 Å². The van der Waals surface area contributed by atoms with Crippen molar-refractivity contribution in [1.29, 1.82) is 0 Å². The Bertz CT molecular complexity index is 1330. The highest BCUT2D eigenvalue weighted by molar-refractivity contribution is 8.14. The summed E-state index contributed by atoms with van der Waals surface area (Å²) in [4.78, 5) is 17.8. The number of carbonyl (C=O) groups is 1. The number of rotatable bonds is 4. The molecule has 5 rings (SSSR count). The summed E-state index contributed by atoms with van der Waals surface area (Å²) in [7, 11) is 0. The molecule has 2 aromatic carbocycles. The largest absolute Gasteiger partial charge is 0.457 e. The summed E-state index contributed by atoms with van der Waals surface area (Å²) in [6.07, 6.45) is 1.16. The summed E-state index contributed by atoms with van der Waals surface area (Å²) in [6.45, 7) is 3.73. The van der Waals surface area contributed by atoms with Crippen LogP contribution in [0.5, 0.6) is 0 Å². The van der Waals surface area contributed by atoms with Gasteiger partial charge in [0.1, 0.15) is 11.5 Å². The molecule has 0 unspecified atom stereocenters. The van der Waals surface area contributed by atoms with Crippen LogP contribution in [0.2, 0.25) is 5.02 Å². The normalized spacial score (nSPS) is 17.3. The first kappa shape index (κ1) is 19.7. The van der Waals surface area contributed by atoms with Crippen LogP contribution in [-0.4, -0.2) is 21.8 Å². The van der Waals surface area contributed by atoms with Crippen molar-refractivity contribution in [2.24, 2.45) is 10.1 Å². The highest BCUT2D eigenvalue weighted by Crippen LogP contribution is 2.34. The summed E-state index contributed by atoms with van der Waals surface area (Å²) >= 11 is 7.40. The standard InChI is InChI=1S/C23H17ClN4O2S/c1-2-13-31-23-26-22(29)20-16-5-3-4-6-17(16)25-21(28(20)27-23)19-12-11-18(30-19)14-7-9-15(24)10-8-14/h2-12,21H,1,13H2,(H,26,27,29)/t21-/m1/s1. The number of para-hydroxylation sites is 1. The Balaban J connectivity index is 1.61. The minimum Gasteiger partial charge on any atom is -0.457 e. The number of furan rings is 1. The van der Waals surface area contributed by atoms with E-state index in [0.29, 0.717) is 33.2 Å². The van der Waals surface area contributed by atoms with E-state index >= 15 is 0 Å². The van der Waals surface area contributed by atoms with Crippen LogP contribution in [0.4, 0.5) is 0 Å². The molecule has 1 atom stereocenters. The molecule has 0 saturated carbocycles. The van der Waals surface area contributed by atoms with Gasteiger partial charge in [-0.25, -0.2) is 10.0 Å². The van der Waals surface area contributed by atoms with Crippen molar-refractivity contribution in [2.75, 3.05) is 5.75 Å². The highest BCUT2D eigenvalue weighted by atomic mass is 35.5. The van der Waals surface area contributed by atoms with Gasteiger partial charge in [0, 0.05) is 21.6 Å². The zero-order chi connectivity index (χ0) is 21.4. The van der Waals surface area contributed by atoms with E-state index in [1.807, 2.05) is 60.7 Å². The minimum absolute atomic E-state index is 0.224. The van der Waals surface area contributed by atoms with Crippen LogP contribution in [0.25, 0.3) is 17.0 Å². The number of hydrazone groups is 1. The average Bonchev–Trinajstić information content (AvgIpc) is 3.27. The molecule has 0 fully saturated rings. The number of amidine groups is 1. The van der Waals surface area contributed by atoms with Crippen molar-refractivity contribution in [1.82, 2.24) is 10.3 Å². The van der Waals surface area contributed by atoms with Crippen molar-refractivity contribution in [2.45, 2.75) is 6.17 Å². The Labute approximate surface area is 187 Å². The predicted octanol–water partition coefficient (Wildman–Crippen LogP) is 3.66. The Morgan fingerprint density at radius 3 is 2.77 bits per heavy atom. The molecule has 0 spiro atoms. The zero-order valence-corrected chi connectivity index (χ0v) is 17.9. The molecule has 0 aliphatic carbocycles. The fraction of sp³-hybridized carbons (Fsp3) is 0.0870. The second-order valence-corrected chi connectivity index (χ2v) is 8.33. The summed E-state index contributed by atoms with van der Waals surface area (Å²) in [5, 5.41) is 11.8. The number of halogens is 1. The molecule has 154 valence electrons. The van der Waals surface area contributed by atoms with Gasteiger partial charge in [-0.1, -0.05) is 47.6 Å². The molecule has 0 saturated heterocycles. The molecule has 31 heavy (non-hydrogen) atoms. The summed E-state index contributed by atoms with van der Waals surface area (Å²) in [5.41, 5.74) is 1.35. The van der Waals surface area contributed by atoms with Crippen molar-refractivity contribution < 1.29 is 9.21 Å². The third kappa shape index (κ3) is 3.66. The third-order valence-electron chi connectivity index (χ3n) is 4.86. The van der Waals surface area contributed by atoms with Crippen molar-refractivity contribution in [3.05, 3.63) is 94.7 Å². The van der Waals surface area contributed by atoms with E-state index in [2.05, 4.69) is 17.0 Å². The number of fused-ring (bicyclic) bond motifs is 2. The topological polar surface area (TPSA) is 70.2 Å². The first-order valence-electron chi connectivity index (χ1n) is 9.60. The van der Waals surface area contributed by atoms with Crippen LogP contribution >= 0.6 is 23.4 Å². The van der Waals surface area contributed by atoms with Gasteiger partial charge in [-0.3, -0.25) is 10.1 Å². The SMILES string of the molecule is C=CCSC1=NN2C(=c3ccccc3=N[C@H]2c2ccc(-c3ccc(Cl)cc3)o2)C(=O)N1. The second kappa shape index (κ2) is 8.09. The number of nitrogens with zero attached hydrogens (tertiary/aromatic N) is 3. The molecule has 1 aromatic heterocycles. The van der Waals surface area contributed by atoms with Crippen LogP contribution in [0, 0.1) is 0 Å². The van der Waals surface area contributed by atoms with Gasteiger partial charge in [0.25, 0.3) is 5.91 Å². The van der Waals surface area contributed by atoms with Gasteiger partial charge < -0.3 is 4.42 Å². The van der Waals surface area contributed by atoms with Crippen LogP contribution < -0.4 is 15.9 Å². The Morgan fingerprint density at radius 2 is 1.97 bits per heavy atom. The number of carbonyl (C=O) groups excluding carboxylic acids is 1. The van der Waals surface area contributed by atoms with Gasteiger partial charge in [0.05, 0.1) is 5.36 Å².